The summed E-state index contributed by atoms with van der Waals surface area (Å²) in [4.78, 5) is 2.39. The van der Waals surface area contributed by atoms with Crippen molar-refractivity contribution >= 4 is 11.7 Å². The molecule has 0 radical (unpaired) electrons. The largest absolute Gasteiger partial charge is 0.473 e. The molecule has 0 saturated carbocycles. The van der Waals surface area contributed by atoms with E-state index in [0.29, 0.717) is 12.4 Å². The van der Waals surface area contributed by atoms with Gasteiger partial charge in [-0.1, -0.05) is 0 Å². The number of piperidine rings is 1. The molecule has 7 heteroatoms. The number of ether oxygens (including phenoxy) is 1. The van der Waals surface area contributed by atoms with Crippen LogP contribution in [0.3, 0.4) is 0 Å². The van der Waals surface area contributed by atoms with Crippen LogP contribution in [0.4, 0.5) is 0 Å². The van der Waals surface area contributed by atoms with Crippen LogP contribution in [-0.4, -0.2) is 64.7 Å². The molecule has 2 N–H and O–H groups in total. The maximum Gasteiger partial charge on any atom is 0.245 e. The van der Waals surface area contributed by atoms with E-state index < -0.39 is 6.10 Å². The minimum Gasteiger partial charge on any atom is -0.473 e. The van der Waals surface area contributed by atoms with E-state index in [0.717, 1.165) is 24.2 Å². The van der Waals surface area contributed by atoms with Gasteiger partial charge in [-0.15, -0.1) is 4.37 Å². The molecule has 2 heterocycles. The molecule has 0 spiro atoms. The molecule has 0 bridgehead atoms. The van der Waals surface area contributed by atoms with Crippen molar-refractivity contribution in [3.8, 4) is 5.88 Å². The first-order chi connectivity index (χ1) is 9.74. The fourth-order valence-corrected chi connectivity index (χ4v) is 2.75. The summed E-state index contributed by atoms with van der Waals surface area (Å²) < 4.78 is 13.1. The number of likely N-dealkylation sites (tertiary alicyclic amines) is 1. The topological polar surface area (TPSA) is 70.5 Å². The second-order valence-electron chi connectivity index (χ2n) is 5.45. The Balaban J connectivity index is 1.48. The number of hydrogen-bond acceptors (Lipinski definition) is 7. The molecule has 1 fully saturated rings. The highest BCUT2D eigenvalue weighted by atomic mass is 32.1. The number of rotatable bonds is 8. The normalized spacial score (nSPS) is 19.1. The lowest BCUT2D eigenvalue weighted by molar-refractivity contribution is 0.103. The van der Waals surface area contributed by atoms with Crippen molar-refractivity contribution in [2.45, 2.75) is 25.4 Å². The minimum atomic E-state index is -0.505. The Kier molecular flexibility index (Phi) is 6.65. The number of nitrogens with zero attached hydrogens (tertiary/aromatic N) is 3. The number of nitrogens with one attached hydrogen (secondary N) is 1. The zero-order chi connectivity index (χ0) is 14.2. The summed E-state index contributed by atoms with van der Waals surface area (Å²) in [7, 11) is 2.18. The van der Waals surface area contributed by atoms with E-state index >= 15 is 0 Å². The van der Waals surface area contributed by atoms with Crippen LogP contribution in [0.2, 0.25) is 0 Å². The monoisotopic (exact) mass is 300 g/mol. The van der Waals surface area contributed by atoms with E-state index in [1.54, 1.807) is 6.20 Å². The Hall–Kier alpha value is -0.760. The van der Waals surface area contributed by atoms with Gasteiger partial charge < -0.3 is 20.1 Å². The molecule has 1 unspecified atom stereocenters. The Morgan fingerprint density at radius 2 is 2.35 bits per heavy atom. The van der Waals surface area contributed by atoms with Gasteiger partial charge in [0.2, 0.25) is 5.88 Å². The molecule has 1 aromatic heterocycles. The van der Waals surface area contributed by atoms with Crippen LogP contribution in [0.5, 0.6) is 5.88 Å². The third-order valence-corrected chi connectivity index (χ3v) is 4.17. The van der Waals surface area contributed by atoms with Gasteiger partial charge in [0.05, 0.1) is 11.7 Å². The van der Waals surface area contributed by atoms with Gasteiger partial charge in [0.25, 0.3) is 0 Å². The third-order valence-electron chi connectivity index (χ3n) is 3.71. The molecular formula is C13H24N4O2S. The number of aliphatic hydroxyl groups excluding tert-OH is 1. The zero-order valence-electron chi connectivity index (χ0n) is 12.0. The van der Waals surface area contributed by atoms with E-state index in [1.165, 1.54) is 32.4 Å². The highest BCUT2D eigenvalue weighted by molar-refractivity contribution is 6.99. The summed E-state index contributed by atoms with van der Waals surface area (Å²) in [5.41, 5.74) is 0. The van der Waals surface area contributed by atoms with Gasteiger partial charge in [0.15, 0.2) is 0 Å². The average Bonchev–Trinajstić information content (AvgIpc) is 2.96. The summed E-state index contributed by atoms with van der Waals surface area (Å²) in [5, 5.41) is 13.1. The summed E-state index contributed by atoms with van der Waals surface area (Å²) in [5.74, 6) is 1.31. The maximum absolute atomic E-state index is 9.78. The van der Waals surface area contributed by atoms with Gasteiger partial charge in [0.1, 0.15) is 18.9 Å². The molecule has 0 aliphatic carbocycles. The van der Waals surface area contributed by atoms with E-state index in [2.05, 4.69) is 26.0 Å². The summed E-state index contributed by atoms with van der Waals surface area (Å²) in [6.45, 7) is 4.20. The predicted octanol–water partition coefficient (Wildman–Crippen LogP) is 0.599. The van der Waals surface area contributed by atoms with E-state index in [-0.39, 0.29) is 6.61 Å². The lowest BCUT2D eigenvalue weighted by Crippen LogP contribution is -2.34. The van der Waals surface area contributed by atoms with Crippen molar-refractivity contribution < 1.29 is 9.84 Å². The average molecular weight is 300 g/mol. The van der Waals surface area contributed by atoms with Crippen molar-refractivity contribution in [2.24, 2.45) is 5.92 Å². The molecule has 0 amide bonds. The van der Waals surface area contributed by atoms with Crippen LogP contribution in [0.25, 0.3) is 0 Å². The Morgan fingerprint density at radius 3 is 3.05 bits per heavy atom. The molecule has 1 aliphatic heterocycles. The highest BCUT2D eigenvalue weighted by Gasteiger charge is 2.16. The molecule has 1 aliphatic rings. The number of hydrogen-bond donors (Lipinski definition) is 2. The van der Waals surface area contributed by atoms with Gasteiger partial charge in [-0.3, -0.25) is 0 Å². The first kappa shape index (κ1) is 15.6. The summed E-state index contributed by atoms with van der Waals surface area (Å²) in [6, 6.07) is 0. The van der Waals surface area contributed by atoms with Gasteiger partial charge in [0, 0.05) is 6.54 Å². The molecule has 1 atom stereocenters. The SMILES string of the molecule is CN1CCC(CCNCC(O)COc2cnsn2)CC1. The second kappa shape index (κ2) is 8.51. The van der Waals surface area contributed by atoms with Crippen molar-refractivity contribution in [1.82, 2.24) is 19.0 Å². The van der Waals surface area contributed by atoms with Gasteiger partial charge in [-0.25, -0.2) is 0 Å². The molecule has 1 saturated heterocycles. The summed E-state index contributed by atoms with van der Waals surface area (Å²) in [6.07, 6.45) is 4.83. The molecule has 1 aromatic rings. The van der Waals surface area contributed by atoms with Crippen LogP contribution in [-0.2, 0) is 0 Å². The molecule has 2 rings (SSSR count). The van der Waals surface area contributed by atoms with Gasteiger partial charge in [-0.05, 0) is 51.9 Å². The van der Waals surface area contributed by atoms with E-state index in [9.17, 15) is 5.11 Å². The zero-order valence-corrected chi connectivity index (χ0v) is 12.8. The Morgan fingerprint density at radius 1 is 1.55 bits per heavy atom. The smallest absolute Gasteiger partial charge is 0.245 e. The third kappa shape index (κ3) is 5.70. The van der Waals surface area contributed by atoms with Crippen molar-refractivity contribution in [3.63, 3.8) is 0 Å². The van der Waals surface area contributed by atoms with Crippen LogP contribution in [0.15, 0.2) is 6.20 Å². The molecule has 114 valence electrons. The number of aromatic nitrogens is 2. The number of aliphatic hydroxyl groups is 1. The van der Waals surface area contributed by atoms with Crippen LogP contribution >= 0.6 is 11.7 Å². The minimum absolute atomic E-state index is 0.257. The highest BCUT2D eigenvalue weighted by Crippen LogP contribution is 2.18. The van der Waals surface area contributed by atoms with Gasteiger partial charge in [-0.2, -0.15) is 4.37 Å². The standard InChI is InChI=1S/C13H24N4O2S/c1-17-6-3-11(4-7-17)2-5-14-8-12(18)10-19-13-9-15-20-16-13/h9,11-12,14,18H,2-8,10H2,1H3. The van der Waals surface area contributed by atoms with E-state index in [1.807, 2.05) is 0 Å². The van der Waals surface area contributed by atoms with Gasteiger partial charge >= 0.3 is 0 Å². The fourth-order valence-electron chi connectivity index (χ4n) is 2.39. The lowest BCUT2D eigenvalue weighted by Gasteiger charge is -2.29. The molecule has 20 heavy (non-hydrogen) atoms. The fraction of sp³-hybridized carbons (Fsp3) is 0.846. The maximum atomic E-state index is 9.78. The van der Waals surface area contributed by atoms with Crippen molar-refractivity contribution in [1.29, 1.82) is 0 Å². The summed E-state index contributed by atoms with van der Waals surface area (Å²) >= 11 is 1.10. The van der Waals surface area contributed by atoms with E-state index in [4.69, 9.17) is 4.74 Å². The predicted molar refractivity (Wildman–Crippen MR) is 79.1 cm³/mol. The Bertz CT molecular complexity index is 355. The Labute approximate surface area is 124 Å². The first-order valence-electron chi connectivity index (χ1n) is 7.21. The molecular weight excluding hydrogens is 276 g/mol. The van der Waals surface area contributed by atoms with Crippen LogP contribution in [0, 0.1) is 5.92 Å². The lowest BCUT2D eigenvalue weighted by atomic mass is 9.94. The van der Waals surface area contributed by atoms with Crippen molar-refractivity contribution in [3.05, 3.63) is 6.20 Å². The first-order valence-corrected chi connectivity index (χ1v) is 7.94. The van der Waals surface area contributed by atoms with Crippen LogP contribution in [0.1, 0.15) is 19.3 Å². The quantitative estimate of drug-likeness (QED) is 0.685. The van der Waals surface area contributed by atoms with Crippen molar-refractivity contribution in [2.75, 3.05) is 39.8 Å². The molecule has 0 aromatic carbocycles. The van der Waals surface area contributed by atoms with Crippen LogP contribution < -0.4 is 10.1 Å². The second-order valence-corrected chi connectivity index (χ2v) is 6.01. The molecule has 6 nitrogen and oxygen atoms in total.